The molecular formula is C15H17N3O3. The first kappa shape index (κ1) is 14.8. The molecule has 2 aromatic rings. The molecule has 6 nitrogen and oxygen atoms in total. The molecule has 2 rings (SSSR count). The monoisotopic (exact) mass is 287 g/mol. The van der Waals surface area contributed by atoms with Gasteiger partial charge in [0, 0.05) is 19.3 Å². The number of amides is 1. The first-order valence-electron chi connectivity index (χ1n) is 6.49. The number of aliphatic hydroxyl groups excluding tert-OH is 1. The van der Waals surface area contributed by atoms with Crippen molar-refractivity contribution in [2.75, 3.05) is 25.1 Å². The molecule has 0 aliphatic rings. The second-order valence-corrected chi connectivity index (χ2v) is 4.41. The van der Waals surface area contributed by atoms with Gasteiger partial charge in [0.25, 0.3) is 0 Å². The van der Waals surface area contributed by atoms with Gasteiger partial charge in [-0.2, -0.15) is 5.10 Å². The van der Waals surface area contributed by atoms with Crippen molar-refractivity contribution in [3.05, 3.63) is 54.0 Å². The first-order valence-corrected chi connectivity index (χ1v) is 6.49. The molecule has 0 aliphatic heterocycles. The summed E-state index contributed by atoms with van der Waals surface area (Å²) in [4.78, 5) is 13.5. The Morgan fingerprint density at radius 1 is 1.38 bits per heavy atom. The minimum Gasteiger partial charge on any atom is -0.459 e. The Morgan fingerprint density at radius 3 is 2.76 bits per heavy atom. The van der Waals surface area contributed by atoms with Crippen molar-refractivity contribution in [2.24, 2.45) is 5.10 Å². The van der Waals surface area contributed by atoms with Crippen molar-refractivity contribution in [1.82, 2.24) is 5.43 Å². The number of furan rings is 1. The highest BCUT2D eigenvalue weighted by Crippen LogP contribution is 2.12. The first-order chi connectivity index (χ1) is 10.2. The molecule has 0 unspecified atom stereocenters. The van der Waals surface area contributed by atoms with Crippen LogP contribution in [-0.2, 0) is 0 Å². The second kappa shape index (κ2) is 7.25. The molecular weight excluding hydrogens is 270 g/mol. The van der Waals surface area contributed by atoms with Gasteiger partial charge in [-0.15, -0.1) is 0 Å². The quantitative estimate of drug-likeness (QED) is 0.623. The molecule has 1 aromatic carbocycles. The van der Waals surface area contributed by atoms with Crippen LogP contribution in [0, 0.1) is 0 Å². The Bertz CT molecular complexity index is 591. The van der Waals surface area contributed by atoms with E-state index in [0.717, 1.165) is 11.3 Å². The van der Waals surface area contributed by atoms with E-state index in [4.69, 9.17) is 9.52 Å². The Kier molecular flexibility index (Phi) is 5.11. The van der Waals surface area contributed by atoms with E-state index >= 15 is 0 Å². The fourth-order valence-corrected chi connectivity index (χ4v) is 1.72. The molecule has 110 valence electrons. The summed E-state index contributed by atoms with van der Waals surface area (Å²) in [6.45, 7) is 0.686. The van der Waals surface area contributed by atoms with E-state index < -0.39 is 5.91 Å². The number of hydrazone groups is 1. The minimum atomic E-state index is -0.393. The van der Waals surface area contributed by atoms with Crippen LogP contribution in [0.4, 0.5) is 5.69 Å². The number of likely N-dealkylation sites (N-methyl/N-ethyl adjacent to an activating group) is 1. The molecule has 0 atom stereocenters. The SMILES string of the molecule is CN(CCO)c1ccc(C=NNC(=O)c2ccco2)cc1. The largest absolute Gasteiger partial charge is 0.459 e. The zero-order valence-corrected chi connectivity index (χ0v) is 11.7. The third-order valence-corrected chi connectivity index (χ3v) is 2.89. The minimum absolute atomic E-state index is 0.110. The molecule has 0 spiro atoms. The smallest absolute Gasteiger partial charge is 0.307 e. The lowest BCUT2D eigenvalue weighted by Gasteiger charge is -2.17. The van der Waals surface area contributed by atoms with Gasteiger partial charge >= 0.3 is 5.91 Å². The van der Waals surface area contributed by atoms with Crippen LogP contribution in [0.5, 0.6) is 0 Å². The van der Waals surface area contributed by atoms with E-state index in [0.29, 0.717) is 6.54 Å². The summed E-state index contributed by atoms with van der Waals surface area (Å²) in [5.74, 6) is -0.177. The van der Waals surface area contributed by atoms with Gasteiger partial charge in [0.05, 0.1) is 19.1 Å². The average molecular weight is 287 g/mol. The van der Waals surface area contributed by atoms with Crippen molar-refractivity contribution in [3.63, 3.8) is 0 Å². The predicted molar refractivity (Wildman–Crippen MR) is 80.6 cm³/mol. The van der Waals surface area contributed by atoms with Crippen molar-refractivity contribution < 1.29 is 14.3 Å². The number of anilines is 1. The number of carbonyl (C=O) groups is 1. The van der Waals surface area contributed by atoms with Crippen LogP contribution in [0.3, 0.4) is 0 Å². The molecule has 0 radical (unpaired) electrons. The van der Waals surface area contributed by atoms with Gasteiger partial charge in [0.1, 0.15) is 0 Å². The Morgan fingerprint density at radius 2 is 2.14 bits per heavy atom. The summed E-state index contributed by atoms with van der Waals surface area (Å²) in [6, 6.07) is 10.8. The molecule has 21 heavy (non-hydrogen) atoms. The number of benzene rings is 1. The molecule has 1 aromatic heterocycles. The number of nitrogens with zero attached hydrogens (tertiary/aromatic N) is 2. The topological polar surface area (TPSA) is 78.1 Å². The molecule has 1 amide bonds. The lowest BCUT2D eigenvalue weighted by Crippen LogP contribution is -2.20. The lowest BCUT2D eigenvalue weighted by molar-refractivity contribution is 0.0927. The van der Waals surface area contributed by atoms with E-state index in [-0.39, 0.29) is 12.4 Å². The van der Waals surface area contributed by atoms with Crippen molar-refractivity contribution in [2.45, 2.75) is 0 Å². The van der Waals surface area contributed by atoms with Gasteiger partial charge in [0.15, 0.2) is 5.76 Å². The molecule has 0 aliphatic carbocycles. The number of hydrogen-bond donors (Lipinski definition) is 2. The fraction of sp³-hybridized carbons (Fsp3) is 0.200. The molecule has 6 heteroatoms. The van der Waals surface area contributed by atoms with Crippen LogP contribution in [0.2, 0.25) is 0 Å². The van der Waals surface area contributed by atoms with Crippen LogP contribution in [0.25, 0.3) is 0 Å². The zero-order valence-electron chi connectivity index (χ0n) is 11.7. The Hall–Kier alpha value is -2.60. The maximum atomic E-state index is 11.6. The Labute approximate surface area is 122 Å². The van der Waals surface area contributed by atoms with E-state index in [9.17, 15) is 4.79 Å². The summed E-state index contributed by atoms with van der Waals surface area (Å²) in [5, 5.41) is 12.8. The van der Waals surface area contributed by atoms with E-state index in [1.165, 1.54) is 6.26 Å². The lowest BCUT2D eigenvalue weighted by atomic mass is 10.2. The van der Waals surface area contributed by atoms with Gasteiger partial charge < -0.3 is 14.4 Å². The van der Waals surface area contributed by atoms with E-state index in [2.05, 4.69) is 10.5 Å². The maximum absolute atomic E-state index is 11.6. The van der Waals surface area contributed by atoms with Crippen LogP contribution in [0.15, 0.2) is 52.2 Å². The third kappa shape index (κ3) is 4.19. The van der Waals surface area contributed by atoms with Gasteiger partial charge in [-0.3, -0.25) is 4.79 Å². The van der Waals surface area contributed by atoms with Crippen molar-refractivity contribution in [3.8, 4) is 0 Å². The van der Waals surface area contributed by atoms with Gasteiger partial charge in [-0.1, -0.05) is 12.1 Å². The second-order valence-electron chi connectivity index (χ2n) is 4.41. The number of rotatable bonds is 6. The molecule has 2 N–H and O–H groups in total. The highest BCUT2D eigenvalue weighted by molar-refractivity contribution is 5.92. The molecule has 0 saturated heterocycles. The predicted octanol–water partition coefficient (Wildman–Crippen LogP) is 1.47. The zero-order chi connectivity index (χ0) is 15.1. The van der Waals surface area contributed by atoms with E-state index in [1.54, 1.807) is 18.3 Å². The maximum Gasteiger partial charge on any atom is 0.307 e. The Balaban J connectivity index is 1.91. The molecule has 0 bridgehead atoms. The summed E-state index contributed by atoms with van der Waals surface area (Å²) < 4.78 is 4.95. The highest BCUT2D eigenvalue weighted by atomic mass is 16.3. The summed E-state index contributed by atoms with van der Waals surface area (Å²) in [7, 11) is 1.91. The van der Waals surface area contributed by atoms with Gasteiger partial charge in [-0.05, 0) is 29.8 Å². The molecule has 1 heterocycles. The number of carbonyl (C=O) groups excluding carboxylic acids is 1. The standard InChI is InChI=1S/C15H17N3O3/c1-18(8-9-19)13-6-4-12(5-7-13)11-16-17-15(20)14-3-2-10-21-14/h2-7,10-11,19H,8-9H2,1H3,(H,17,20). The van der Waals surface area contributed by atoms with Crippen LogP contribution in [-0.4, -0.2) is 37.4 Å². The highest BCUT2D eigenvalue weighted by Gasteiger charge is 2.05. The van der Waals surface area contributed by atoms with Crippen molar-refractivity contribution in [1.29, 1.82) is 0 Å². The van der Waals surface area contributed by atoms with E-state index in [1.807, 2.05) is 36.2 Å². The number of nitrogens with one attached hydrogen (secondary N) is 1. The van der Waals surface area contributed by atoms with Crippen LogP contribution < -0.4 is 10.3 Å². The summed E-state index contributed by atoms with van der Waals surface area (Å²) in [6.07, 6.45) is 2.98. The molecule has 0 saturated carbocycles. The summed E-state index contributed by atoms with van der Waals surface area (Å²) >= 11 is 0. The third-order valence-electron chi connectivity index (χ3n) is 2.89. The van der Waals surface area contributed by atoms with Gasteiger partial charge in [-0.25, -0.2) is 5.43 Å². The number of aliphatic hydroxyl groups is 1. The normalized spacial score (nSPS) is 10.8. The fourth-order valence-electron chi connectivity index (χ4n) is 1.72. The van der Waals surface area contributed by atoms with Crippen molar-refractivity contribution >= 4 is 17.8 Å². The van der Waals surface area contributed by atoms with Gasteiger partial charge in [0.2, 0.25) is 0 Å². The van der Waals surface area contributed by atoms with Crippen LogP contribution in [0.1, 0.15) is 16.1 Å². The molecule has 0 fully saturated rings. The van der Waals surface area contributed by atoms with Crippen LogP contribution >= 0.6 is 0 Å². The summed E-state index contributed by atoms with van der Waals surface area (Å²) in [5.41, 5.74) is 4.24. The number of hydrogen-bond acceptors (Lipinski definition) is 5. The average Bonchev–Trinajstić information content (AvgIpc) is 3.02.